The van der Waals surface area contributed by atoms with Crippen LogP contribution in [-0.4, -0.2) is 45.9 Å². The van der Waals surface area contributed by atoms with Crippen molar-refractivity contribution in [2.45, 2.75) is 32.2 Å². The normalized spacial score (nSPS) is 18.4. The van der Waals surface area contributed by atoms with Gasteiger partial charge in [0.1, 0.15) is 6.04 Å². The fourth-order valence-corrected chi connectivity index (χ4v) is 3.69. The van der Waals surface area contributed by atoms with Crippen molar-refractivity contribution >= 4 is 28.2 Å². The van der Waals surface area contributed by atoms with Gasteiger partial charge in [-0.25, -0.2) is 9.78 Å². The van der Waals surface area contributed by atoms with Crippen molar-refractivity contribution in [2.24, 2.45) is 0 Å². The number of esters is 1. The summed E-state index contributed by atoms with van der Waals surface area (Å²) >= 11 is 1.52. The van der Waals surface area contributed by atoms with E-state index >= 15 is 0 Å². The Kier molecular flexibility index (Phi) is 3.67. The Morgan fingerprint density at radius 1 is 1.52 bits per heavy atom. The number of likely N-dealkylation sites (tertiary alicyclic amines) is 1. The second-order valence-electron chi connectivity index (χ2n) is 5.21. The molecule has 1 aliphatic rings. The topological polar surface area (TPSA) is 63.9 Å². The van der Waals surface area contributed by atoms with Crippen LogP contribution in [0.5, 0.6) is 0 Å². The molecule has 6 nitrogen and oxygen atoms in total. The predicted octanol–water partition coefficient (Wildman–Crippen LogP) is 1.41. The van der Waals surface area contributed by atoms with Gasteiger partial charge in [0.25, 0.3) is 0 Å². The van der Waals surface area contributed by atoms with Crippen LogP contribution in [0.25, 0.3) is 4.96 Å². The molecule has 1 unspecified atom stereocenters. The fraction of sp³-hybridized carbons (Fsp3) is 0.500. The highest BCUT2D eigenvalue weighted by Gasteiger charge is 2.34. The average Bonchev–Trinajstić information content (AvgIpc) is 3.14. The van der Waals surface area contributed by atoms with Crippen LogP contribution in [0.2, 0.25) is 0 Å². The summed E-state index contributed by atoms with van der Waals surface area (Å²) in [5.41, 5.74) is 1.85. The van der Waals surface area contributed by atoms with Gasteiger partial charge in [0.05, 0.1) is 19.2 Å². The van der Waals surface area contributed by atoms with Crippen LogP contribution in [0.1, 0.15) is 24.2 Å². The molecule has 0 aromatic carbocycles. The maximum Gasteiger partial charge on any atom is 0.328 e. The van der Waals surface area contributed by atoms with Gasteiger partial charge in [-0.2, -0.15) is 0 Å². The summed E-state index contributed by atoms with van der Waals surface area (Å²) in [4.78, 5) is 31.1. The molecule has 1 atom stereocenters. The van der Waals surface area contributed by atoms with Gasteiger partial charge < -0.3 is 9.64 Å². The number of aryl methyl sites for hydroxylation is 1. The minimum atomic E-state index is -0.429. The molecule has 0 radical (unpaired) electrons. The summed E-state index contributed by atoms with van der Waals surface area (Å²) in [5, 5.41) is 1.95. The van der Waals surface area contributed by atoms with E-state index in [0.29, 0.717) is 13.0 Å². The van der Waals surface area contributed by atoms with Crippen molar-refractivity contribution in [3.05, 3.63) is 23.0 Å². The van der Waals surface area contributed by atoms with Crippen LogP contribution in [0.3, 0.4) is 0 Å². The molecule has 0 saturated carbocycles. The minimum absolute atomic E-state index is 0.0334. The molecule has 7 heteroatoms. The number of thiazole rings is 1. The predicted molar refractivity (Wildman–Crippen MR) is 78.3 cm³/mol. The second-order valence-corrected chi connectivity index (χ2v) is 6.04. The zero-order valence-electron chi connectivity index (χ0n) is 12.0. The number of ether oxygens (including phenoxy) is 1. The summed E-state index contributed by atoms with van der Waals surface area (Å²) in [6.45, 7) is 2.55. The van der Waals surface area contributed by atoms with E-state index in [1.54, 1.807) is 4.90 Å². The molecular weight excluding hydrogens is 290 g/mol. The molecule has 1 aliphatic heterocycles. The lowest BCUT2D eigenvalue weighted by Crippen LogP contribution is -2.41. The third kappa shape index (κ3) is 2.53. The number of nitrogens with zero attached hydrogens (tertiary/aromatic N) is 3. The number of carbonyl (C=O) groups is 2. The molecule has 3 rings (SSSR count). The van der Waals surface area contributed by atoms with E-state index in [1.807, 2.05) is 22.9 Å². The van der Waals surface area contributed by atoms with Gasteiger partial charge in [-0.3, -0.25) is 9.20 Å². The Balaban J connectivity index is 1.78. The van der Waals surface area contributed by atoms with Crippen molar-refractivity contribution in [1.29, 1.82) is 0 Å². The van der Waals surface area contributed by atoms with Gasteiger partial charge in [-0.15, -0.1) is 11.3 Å². The van der Waals surface area contributed by atoms with Crippen molar-refractivity contribution in [3.63, 3.8) is 0 Å². The standard InChI is InChI=1S/C14H17N3O3S/c1-9-7-17-10(8-21-14(17)15-9)6-12(18)16-5-3-4-11(16)13(19)20-2/h7-8,11H,3-6H2,1-2H3. The van der Waals surface area contributed by atoms with E-state index in [0.717, 1.165) is 22.8 Å². The molecule has 1 fully saturated rings. The number of methoxy groups -OCH3 is 1. The molecular formula is C14H17N3O3S. The van der Waals surface area contributed by atoms with Crippen molar-refractivity contribution < 1.29 is 14.3 Å². The van der Waals surface area contributed by atoms with Gasteiger partial charge in [0.2, 0.25) is 5.91 Å². The number of amides is 1. The maximum absolute atomic E-state index is 12.5. The zero-order chi connectivity index (χ0) is 15.0. The lowest BCUT2D eigenvalue weighted by atomic mass is 10.2. The summed E-state index contributed by atoms with van der Waals surface area (Å²) in [6.07, 6.45) is 3.73. The minimum Gasteiger partial charge on any atom is -0.467 e. The molecule has 0 spiro atoms. The molecule has 0 N–H and O–H groups in total. The molecule has 3 heterocycles. The highest BCUT2D eigenvalue weighted by molar-refractivity contribution is 7.15. The number of fused-ring (bicyclic) bond motifs is 1. The van der Waals surface area contributed by atoms with Gasteiger partial charge in [0, 0.05) is 23.8 Å². The van der Waals surface area contributed by atoms with Gasteiger partial charge >= 0.3 is 5.97 Å². The number of imidazole rings is 1. The van der Waals surface area contributed by atoms with Crippen LogP contribution in [0.4, 0.5) is 0 Å². The summed E-state index contributed by atoms with van der Waals surface area (Å²) in [6, 6.07) is -0.429. The molecule has 21 heavy (non-hydrogen) atoms. The van der Waals surface area contributed by atoms with E-state index in [1.165, 1.54) is 18.4 Å². The van der Waals surface area contributed by atoms with Crippen LogP contribution >= 0.6 is 11.3 Å². The Morgan fingerprint density at radius 3 is 3.10 bits per heavy atom. The SMILES string of the molecule is COC(=O)C1CCCN1C(=O)Cc1csc2nc(C)cn12. The third-order valence-corrected chi connectivity index (χ3v) is 4.67. The summed E-state index contributed by atoms with van der Waals surface area (Å²) < 4.78 is 6.72. The van der Waals surface area contributed by atoms with Crippen molar-refractivity contribution in [2.75, 3.05) is 13.7 Å². The molecule has 112 valence electrons. The number of hydrogen-bond donors (Lipinski definition) is 0. The second kappa shape index (κ2) is 5.48. The smallest absolute Gasteiger partial charge is 0.328 e. The monoisotopic (exact) mass is 307 g/mol. The first-order valence-corrected chi connectivity index (χ1v) is 7.77. The van der Waals surface area contributed by atoms with E-state index in [9.17, 15) is 9.59 Å². The number of hydrogen-bond acceptors (Lipinski definition) is 5. The lowest BCUT2D eigenvalue weighted by Gasteiger charge is -2.22. The van der Waals surface area contributed by atoms with Crippen LogP contribution in [0, 0.1) is 6.92 Å². The van der Waals surface area contributed by atoms with Gasteiger partial charge in [-0.05, 0) is 19.8 Å². The first kappa shape index (κ1) is 14.1. The van der Waals surface area contributed by atoms with Crippen LogP contribution in [0.15, 0.2) is 11.6 Å². The number of carbonyl (C=O) groups excluding carboxylic acids is 2. The molecule has 2 aromatic heterocycles. The Bertz CT molecular complexity index is 691. The zero-order valence-corrected chi connectivity index (χ0v) is 12.9. The average molecular weight is 307 g/mol. The van der Waals surface area contributed by atoms with Crippen LogP contribution < -0.4 is 0 Å². The largest absolute Gasteiger partial charge is 0.467 e. The first-order chi connectivity index (χ1) is 10.1. The van der Waals surface area contributed by atoms with Crippen LogP contribution in [-0.2, 0) is 20.7 Å². The van der Waals surface area contributed by atoms with E-state index < -0.39 is 6.04 Å². The molecule has 0 aliphatic carbocycles. The summed E-state index contributed by atoms with van der Waals surface area (Å²) in [7, 11) is 1.36. The third-order valence-electron chi connectivity index (χ3n) is 3.78. The van der Waals surface area contributed by atoms with E-state index in [2.05, 4.69) is 4.98 Å². The summed E-state index contributed by atoms with van der Waals surface area (Å²) in [5.74, 6) is -0.358. The fourth-order valence-electron chi connectivity index (χ4n) is 2.77. The highest BCUT2D eigenvalue weighted by Crippen LogP contribution is 2.22. The lowest BCUT2D eigenvalue weighted by molar-refractivity contribution is -0.150. The van der Waals surface area contributed by atoms with E-state index in [-0.39, 0.29) is 18.3 Å². The van der Waals surface area contributed by atoms with Crippen molar-refractivity contribution in [3.8, 4) is 0 Å². The Morgan fingerprint density at radius 2 is 2.33 bits per heavy atom. The van der Waals surface area contributed by atoms with E-state index in [4.69, 9.17) is 4.74 Å². The molecule has 1 saturated heterocycles. The van der Waals surface area contributed by atoms with Gasteiger partial charge in [-0.1, -0.05) is 0 Å². The number of rotatable bonds is 3. The molecule has 2 aromatic rings. The molecule has 0 bridgehead atoms. The van der Waals surface area contributed by atoms with Crippen molar-refractivity contribution in [1.82, 2.24) is 14.3 Å². The first-order valence-electron chi connectivity index (χ1n) is 6.89. The Hall–Kier alpha value is -1.89. The Labute approximate surface area is 126 Å². The quantitative estimate of drug-likeness (QED) is 0.804. The number of aromatic nitrogens is 2. The molecule has 1 amide bonds. The maximum atomic E-state index is 12.5. The van der Waals surface area contributed by atoms with Gasteiger partial charge in [0.15, 0.2) is 4.96 Å². The highest BCUT2D eigenvalue weighted by atomic mass is 32.1.